The zero-order chi connectivity index (χ0) is 20.2. The van der Waals surface area contributed by atoms with Crippen LogP contribution in [0.5, 0.6) is 0 Å². The third-order valence-corrected chi connectivity index (χ3v) is 4.58. The summed E-state index contributed by atoms with van der Waals surface area (Å²) in [7, 11) is 0. The highest BCUT2D eigenvalue weighted by Crippen LogP contribution is 2.26. The van der Waals surface area contributed by atoms with Crippen molar-refractivity contribution in [2.45, 2.75) is 13.3 Å². The fraction of sp³-hybridized carbons (Fsp3) is 0.0909. The van der Waals surface area contributed by atoms with Gasteiger partial charge >= 0.3 is 0 Å². The number of halogens is 1. The summed E-state index contributed by atoms with van der Waals surface area (Å²) in [5.41, 5.74) is 4.58. The number of H-pyrrole nitrogens is 1. The van der Waals surface area contributed by atoms with Crippen molar-refractivity contribution >= 4 is 11.6 Å². The van der Waals surface area contributed by atoms with Gasteiger partial charge in [-0.2, -0.15) is 5.10 Å². The van der Waals surface area contributed by atoms with Crippen LogP contribution in [0, 0.1) is 12.7 Å². The summed E-state index contributed by atoms with van der Waals surface area (Å²) in [6.45, 7) is 1.91. The van der Waals surface area contributed by atoms with Gasteiger partial charge in [-0.3, -0.25) is 14.9 Å². The Bertz CT molecular complexity index is 1140. The highest BCUT2D eigenvalue weighted by Gasteiger charge is 2.10. The van der Waals surface area contributed by atoms with Crippen LogP contribution in [0.2, 0.25) is 0 Å². The van der Waals surface area contributed by atoms with E-state index in [9.17, 15) is 9.18 Å². The third-order valence-electron chi connectivity index (χ3n) is 4.58. The zero-order valence-corrected chi connectivity index (χ0v) is 15.7. The van der Waals surface area contributed by atoms with Gasteiger partial charge in [-0.15, -0.1) is 0 Å². The molecule has 4 aromatic rings. The number of aromatic nitrogens is 4. The number of benzene rings is 2. The van der Waals surface area contributed by atoms with Crippen molar-refractivity contribution in [2.24, 2.45) is 0 Å². The number of hydrogen-bond donors (Lipinski definition) is 2. The van der Waals surface area contributed by atoms with E-state index in [-0.39, 0.29) is 5.91 Å². The molecular formula is C22H18FN5O. The lowest BCUT2D eigenvalue weighted by molar-refractivity contribution is 0.102. The van der Waals surface area contributed by atoms with Gasteiger partial charge in [-0.1, -0.05) is 24.3 Å². The molecule has 29 heavy (non-hydrogen) atoms. The summed E-state index contributed by atoms with van der Waals surface area (Å²) < 4.78 is 13.5. The lowest BCUT2D eigenvalue weighted by Gasteiger charge is -2.11. The molecule has 0 atom stereocenters. The Balaban J connectivity index is 1.51. The highest BCUT2D eigenvalue weighted by molar-refractivity contribution is 6.05. The molecule has 2 heterocycles. The number of nitrogens with one attached hydrogen (secondary N) is 2. The van der Waals surface area contributed by atoms with E-state index in [4.69, 9.17) is 0 Å². The smallest absolute Gasteiger partial charge is 0.255 e. The van der Waals surface area contributed by atoms with Crippen LogP contribution < -0.4 is 5.32 Å². The number of carbonyl (C=O) groups is 1. The molecule has 0 bridgehead atoms. The van der Waals surface area contributed by atoms with E-state index in [1.807, 2.05) is 37.3 Å². The summed E-state index contributed by atoms with van der Waals surface area (Å²) in [5.74, 6) is 0.148. The summed E-state index contributed by atoms with van der Waals surface area (Å²) in [6.07, 6.45) is 4.83. The number of hydrogen-bond acceptors (Lipinski definition) is 4. The van der Waals surface area contributed by atoms with Crippen molar-refractivity contribution in [3.8, 4) is 11.1 Å². The second-order valence-corrected chi connectivity index (χ2v) is 6.68. The highest BCUT2D eigenvalue weighted by atomic mass is 19.1. The van der Waals surface area contributed by atoms with Gasteiger partial charge < -0.3 is 5.32 Å². The Kier molecular flexibility index (Phi) is 5.11. The minimum absolute atomic E-state index is 0.214. The monoisotopic (exact) mass is 387 g/mol. The first-order chi connectivity index (χ1) is 14.1. The van der Waals surface area contributed by atoms with E-state index >= 15 is 0 Å². The quantitative estimate of drug-likeness (QED) is 0.539. The van der Waals surface area contributed by atoms with Crippen molar-refractivity contribution in [1.82, 2.24) is 20.2 Å². The van der Waals surface area contributed by atoms with E-state index in [0.717, 1.165) is 28.7 Å². The molecule has 0 spiro atoms. The molecule has 0 aliphatic carbocycles. The molecule has 7 heteroatoms. The number of carbonyl (C=O) groups excluding carboxylic acids is 1. The molecule has 2 N–H and O–H groups in total. The topological polar surface area (TPSA) is 83.6 Å². The number of anilines is 1. The molecule has 0 saturated carbocycles. The maximum atomic E-state index is 13.5. The first kappa shape index (κ1) is 18.5. The summed E-state index contributed by atoms with van der Waals surface area (Å²) >= 11 is 0. The van der Waals surface area contributed by atoms with Gasteiger partial charge in [0.2, 0.25) is 0 Å². The van der Waals surface area contributed by atoms with E-state index in [1.165, 1.54) is 12.4 Å². The fourth-order valence-corrected chi connectivity index (χ4v) is 2.98. The predicted molar refractivity (Wildman–Crippen MR) is 108 cm³/mol. The first-order valence-electron chi connectivity index (χ1n) is 9.04. The maximum Gasteiger partial charge on any atom is 0.255 e. The maximum absolute atomic E-state index is 13.5. The van der Waals surface area contributed by atoms with Crippen LogP contribution >= 0.6 is 0 Å². The number of rotatable bonds is 5. The van der Waals surface area contributed by atoms with Gasteiger partial charge in [-0.05, 0) is 47.9 Å². The lowest BCUT2D eigenvalue weighted by atomic mass is 10.0. The molecule has 2 aromatic heterocycles. The van der Waals surface area contributed by atoms with Crippen molar-refractivity contribution in [1.29, 1.82) is 0 Å². The number of aryl methyl sites for hydroxylation is 1. The van der Waals surface area contributed by atoms with Gasteiger partial charge in [0.1, 0.15) is 18.0 Å². The van der Waals surface area contributed by atoms with Gasteiger partial charge in [0, 0.05) is 29.4 Å². The van der Waals surface area contributed by atoms with Gasteiger partial charge in [0.05, 0.1) is 6.20 Å². The Morgan fingerprint density at radius 3 is 2.62 bits per heavy atom. The van der Waals surface area contributed by atoms with E-state index in [0.29, 0.717) is 23.2 Å². The molecule has 0 fully saturated rings. The number of pyridine rings is 1. The van der Waals surface area contributed by atoms with Crippen molar-refractivity contribution in [3.63, 3.8) is 0 Å². The van der Waals surface area contributed by atoms with Gasteiger partial charge in [0.15, 0.2) is 0 Å². The molecule has 4 rings (SSSR count). The van der Waals surface area contributed by atoms with Crippen molar-refractivity contribution < 1.29 is 9.18 Å². The number of aromatic amines is 1. The molecule has 6 nitrogen and oxygen atoms in total. The van der Waals surface area contributed by atoms with E-state index in [1.54, 1.807) is 18.3 Å². The molecule has 0 unspecified atom stereocenters. The Hall–Kier alpha value is -3.87. The average molecular weight is 387 g/mol. The number of nitrogens with zero attached hydrogens (tertiary/aromatic N) is 3. The van der Waals surface area contributed by atoms with E-state index < -0.39 is 5.82 Å². The minimum atomic E-state index is -0.404. The summed E-state index contributed by atoms with van der Waals surface area (Å²) in [5, 5.41) is 9.58. The molecule has 1 amide bonds. The van der Waals surface area contributed by atoms with E-state index in [2.05, 4.69) is 25.5 Å². The lowest BCUT2D eigenvalue weighted by Crippen LogP contribution is -2.13. The normalized spacial score (nSPS) is 10.7. The first-order valence-corrected chi connectivity index (χ1v) is 9.04. The minimum Gasteiger partial charge on any atom is -0.322 e. The Morgan fingerprint density at radius 1 is 1.07 bits per heavy atom. The molecule has 0 aliphatic heterocycles. The molecule has 2 aromatic carbocycles. The standard InChI is InChI=1S/C22H18FN5O/c1-14-2-5-17(18-9-19(23)12-24-11-18)10-20(14)27-22(29)16-6-3-15(4-7-16)8-21-25-13-26-28-21/h2-7,9-13H,8H2,1H3,(H,27,29)(H,25,26,28). The SMILES string of the molecule is Cc1ccc(-c2cncc(F)c2)cc1NC(=O)c1ccc(Cc2ncn[nH]2)cc1. The number of amides is 1. The van der Waals surface area contributed by atoms with Gasteiger partial charge in [0.25, 0.3) is 5.91 Å². The van der Waals surface area contributed by atoms with Gasteiger partial charge in [-0.25, -0.2) is 9.37 Å². The second-order valence-electron chi connectivity index (χ2n) is 6.68. The van der Waals surface area contributed by atoms with Crippen LogP contribution in [0.4, 0.5) is 10.1 Å². The zero-order valence-electron chi connectivity index (χ0n) is 15.7. The van der Waals surface area contributed by atoms with Crippen LogP contribution in [-0.4, -0.2) is 26.1 Å². The molecule has 144 valence electrons. The predicted octanol–water partition coefficient (Wildman–Crippen LogP) is 4.16. The van der Waals surface area contributed by atoms with Crippen molar-refractivity contribution in [3.05, 3.63) is 95.6 Å². The second kappa shape index (κ2) is 8.02. The fourth-order valence-electron chi connectivity index (χ4n) is 2.98. The van der Waals surface area contributed by atoms with Crippen LogP contribution in [0.1, 0.15) is 27.3 Å². The van der Waals surface area contributed by atoms with Crippen molar-refractivity contribution in [2.75, 3.05) is 5.32 Å². The average Bonchev–Trinajstić information content (AvgIpc) is 3.23. The Labute approximate surface area is 166 Å². The Morgan fingerprint density at radius 2 is 1.90 bits per heavy atom. The van der Waals surface area contributed by atoms with Crippen LogP contribution in [0.15, 0.2) is 67.3 Å². The molecule has 0 saturated heterocycles. The largest absolute Gasteiger partial charge is 0.322 e. The summed E-state index contributed by atoms with van der Waals surface area (Å²) in [6, 6.07) is 14.3. The summed E-state index contributed by atoms with van der Waals surface area (Å²) in [4.78, 5) is 20.7. The third kappa shape index (κ3) is 4.35. The molecular weight excluding hydrogens is 369 g/mol. The molecule has 0 aliphatic rings. The van der Waals surface area contributed by atoms with Crippen LogP contribution in [0.3, 0.4) is 0 Å². The van der Waals surface area contributed by atoms with Crippen LogP contribution in [0.25, 0.3) is 11.1 Å². The molecule has 0 radical (unpaired) electrons. The van der Waals surface area contributed by atoms with Crippen LogP contribution in [-0.2, 0) is 6.42 Å².